The molecular weight excluding hydrogens is 431 g/mol. The van der Waals surface area contributed by atoms with Crippen LogP contribution in [0, 0.1) is 12.7 Å². The number of carbonyl (C=O) groups is 2. The standard InChI is InChI=1S/C27H29FN4O2/c1-4-32(5-2)14-13-29-26(33)20-15-17(3)30-24(20)16-21-25-19(18-9-6-7-11-22(18)28)10-8-12-23(25)31-27(21)34/h6-12,15-16,30H,4-5,13-14H2,1-3H3,(H,29,33)(H,31,34). The summed E-state index contributed by atoms with van der Waals surface area (Å²) >= 11 is 0. The molecule has 1 aromatic heterocycles. The molecule has 2 heterocycles. The van der Waals surface area contributed by atoms with Crippen LogP contribution in [0.25, 0.3) is 22.8 Å². The van der Waals surface area contributed by atoms with Gasteiger partial charge in [0.15, 0.2) is 0 Å². The predicted molar refractivity (Wildman–Crippen MR) is 134 cm³/mol. The summed E-state index contributed by atoms with van der Waals surface area (Å²) in [6.07, 6.45) is 1.68. The number of aromatic nitrogens is 1. The second kappa shape index (κ2) is 10.1. The number of benzene rings is 2. The third kappa shape index (κ3) is 4.65. The molecule has 3 aromatic rings. The first-order chi connectivity index (χ1) is 16.4. The van der Waals surface area contributed by atoms with Crippen LogP contribution in [0.4, 0.5) is 10.1 Å². The molecule has 0 radical (unpaired) electrons. The number of H-pyrrole nitrogens is 1. The molecule has 0 fully saturated rings. The van der Waals surface area contributed by atoms with Crippen molar-refractivity contribution in [1.29, 1.82) is 0 Å². The van der Waals surface area contributed by atoms with Crippen LogP contribution in [-0.2, 0) is 4.79 Å². The monoisotopic (exact) mass is 460 g/mol. The molecule has 1 aliphatic rings. The van der Waals surface area contributed by atoms with Crippen molar-refractivity contribution in [3.05, 3.63) is 76.9 Å². The summed E-state index contributed by atoms with van der Waals surface area (Å²) in [6.45, 7) is 9.18. The number of hydrogen-bond acceptors (Lipinski definition) is 3. The third-order valence-electron chi connectivity index (χ3n) is 6.11. The second-order valence-corrected chi connectivity index (χ2v) is 8.28. The number of fused-ring (bicyclic) bond motifs is 1. The van der Waals surface area contributed by atoms with Crippen LogP contribution in [0.15, 0.2) is 48.5 Å². The van der Waals surface area contributed by atoms with Crippen molar-refractivity contribution in [2.75, 3.05) is 31.5 Å². The van der Waals surface area contributed by atoms with E-state index in [0.29, 0.717) is 45.8 Å². The number of halogens is 1. The highest BCUT2D eigenvalue weighted by atomic mass is 19.1. The highest BCUT2D eigenvalue weighted by molar-refractivity contribution is 6.36. The van der Waals surface area contributed by atoms with Crippen molar-refractivity contribution in [3.8, 4) is 11.1 Å². The summed E-state index contributed by atoms with van der Waals surface area (Å²) in [5.74, 6) is -0.859. The Bertz CT molecular complexity index is 1260. The minimum atomic E-state index is -0.362. The zero-order valence-corrected chi connectivity index (χ0v) is 19.7. The molecule has 176 valence electrons. The van der Waals surface area contributed by atoms with Crippen LogP contribution in [0.3, 0.4) is 0 Å². The van der Waals surface area contributed by atoms with E-state index in [4.69, 9.17) is 0 Å². The van der Waals surface area contributed by atoms with Crippen LogP contribution in [0.5, 0.6) is 0 Å². The molecule has 0 atom stereocenters. The number of amides is 2. The average Bonchev–Trinajstić information content (AvgIpc) is 3.36. The molecule has 0 saturated carbocycles. The van der Waals surface area contributed by atoms with Gasteiger partial charge < -0.3 is 20.5 Å². The van der Waals surface area contributed by atoms with E-state index in [1.54, 1.807) is 48.5 Å². The minimum absolute atomic E-state index is 0.204. The highest BCUT2D eigenvalue weighted by Gasteiger charge is 2.29. The maximum atomic E-state index is 14.6. The van der Waals surface area contributed by atoms with Crippen LogP contribution in [0.1, 0.15) is 41.2 Å². The number of aromatic amines is 1. The van der Waals surface area contributed by atoms with Gasteiger partial charge in [-0.2, -0.15) is 0 Å². The Morgan fingerprint density at radius 3 is 2.56 bits per heavy atom. The maximum absolute atomic E-state index is 14.6. The molecule has 0 unspecified atom stereocenters. The first-order valence-corrected chi connectivity index (χ1v) is 11.5. The normalized spacial score (nSPS) is 13.9. The number of nitrogens with one attached hydrogen (secondary N) is 3. The molecule has 0 bridgehead atoms. The molecule has 2 aromatic carbocycles. The number of carbonyl (C=O) groups excluding carboxylic acids is 2. The second-order valence-electron chi connectivity index (χ2n) is 8.28. The topological polar surface area (TPSA) is 77.2 Å². The van der Waals surface area contributed by atoms with Gasteiger partial charge in [0.1, 0.15) is 5.82 Å². The van der Waals surface area contributed by atoms with E-state index in [1.807, 2.05) is 6.92 Å². The van der Waals surface area contributed by atoms with Gasteiger partial charge in [0.2, 0.25) is 0 Å². The SMILES string of the molecule is CCN(CC)CCNC(=O)c1cc(C)[nH]c1C=C1C(=O)Nc2cccc(-c3ccccc3F)c21. The molecule has 2 amide bonds. The Hall–Kier alpha value is -3.71. The molecule has 4 rings (SSSR count). The predicted octanol–water partition coefficient (Wildman–Crippen LogP) is 4.69. The fourth-order valence-electron chi connectivity index (χ4n) is 4.31. The van der Waals surface area contributed by atoms with Gasteiger partial charge in [-0.1, -0.05) is 44.2 Å². The van der Waals surface area contributed by atoms with Gasteiger partial charge in [0, 0.05) is 35.6 Å². The van der Waals surface area contributed by atoms with Gasteiger partial charge in [-0.25, -0.2) is 4.39 Å². The van der Waals surface area contributed by atoms with Crippen molar-refractivity contribution < 1.29 is 14.0 Å². The van der Waals surface area contributed by atoms with Crippen molar-refractivity contribution in [3.63, 3.8) is 0 Å². The molecule has 6 nitrogen and oxygen atoms in total. The number of rotatable bonds is 8. The molecule has 3 N–H and O–H groups in total. The highest BCUT2D eigenvalue weighted by Crippen LogP contribution is 2.41. The molecule has 0 aliphatic carbocycles. The van der Waals surface area contributed by atoms with Crippen LogP contribution in [-0.4, -0.2) is 47.9 Å². The van der Waals surface area contributed by atoms with Crippen molar-refractivity contribution >= 4 is 29.2 Å². The summed E-state index contributed by atoms with van der Waals surface area (Å²) in [4.78, 5) is 31.3. The first kappa shape index (κ1) is 23.4. The Labute approximate surface area is 198 Å². The zero-order valence-electron chi connectivity index (χ0n) is 19.7. The number of hydrogen-bond donors (Lipinski definition) is 3. The summed E-state index contributed by atoms with van der Waals surface area (Å²) in [5, 5.41) is 5.83. The lowest BCUT2D eigenvalue weighted by Crippen LogP contribution is -2.34. The molecule has 7 heteroatoms. The molecule has 0 saturated heterocycles. The van der Waals surface area contributed by atoms with E-state index in [0.717, 1.165) is 25.3 Å². The van der Waals surface area contributed by atoms with Crippen molar-refractivity contribution in [2.45, 2.75) is 20.8 Å². The van der Waals surface area contributed by atoms with Gasteiger partial charge in [-0.15, -0.1) is 0 Å². The number of likely N-dealkylation sites (N-methyl/N-ethyl adjacent to an activating group) is 1. The summed E-state index contributed by atoms with van der Waals surface area (Å²) in [7, 11) is 0. The number of anilines is 1. The van der Waals surface area contributed by atoms with Crippen molar-refractivity contribution in [2.24, 2.45) is 0 Å². The fourth-order valence-corrected chi connectivity index (χ4v) is 4.31. The van der Waals surface area contributed by atoms with E-state index in [9.17, 15) is 14.0 Å². The molecule has 0 spiro atoms. The van der Waals surface area contributed by atoms with E-state index >= 15 is 0 Å². The van der Waals surface area contributed by atoms with Gasteiger partial charge in [0.25, 0.3) is 11.8 Å². The van der Waals surface area contributed by atoms with Gasteiger partial charge >= 0.3 is 0 Å². The van der Waals surface area contributed by atoms with Gasteiger partial charge in [-0.3, -0.25) is 9.59 Å². The minimum Gasteiger partial charge on any atom is -0.358 e. The first-order valence-electron chi connectivity index (χ1n) is 11.5. The van der Waals surface area contributed by atoms with Crippen LogP contribution >= 0.6 is 0 Å². The van der Waals surface area contributed by atoms with Crippen LogP contribution in [0.2, 0.25) is 0 Å². The maximum Gasteiger partial charge on any atom is 0.256 e. The smallest absolute Gasteiger partial charge is 0.256 e. The quantitative estimate of drug-likeness (QED) is 0.427. The number of aryl methyl sites for hydroxylation is 1. The Morgan fingerprint density at radius 2 is 1.82 bits per heavy atom. The lowest BCUT2D eigenvalue weighted by Gasteiger charge is -2.17. The largest absolute Gasteiger partial charge is 0.358 e. The molecular formula is C27H29FN4O2. The van der Waals surface area contributed by atoms with E-state index < -0.39 is 0 Å². The fraction of sp³-hybridized carbons (Fsp3) is 0.259. The zero-order chi connectivity index (χ0) is 24.2. The third-order valence-corrected chi connectivity index (χ3v) is 6.11. The Morgan fingerprint density at radius 1 is 1.09 bits per heavy atom. The van der Waals surface area contributed by atoms with E-state index in [-0.39, 0.29) is 17.6 Å². The summed E-state index contributed by atoms with van der Waals surface area (Å²) < 4.78 is 14.6. The Kier molecular flexibility index (Phi) is 6.93. The summed E-state index contributed by atoms with van der Waals surface area (Å²) in [6, 6.07) is 13.6. The lowest BCUT2D eigenvalue weighted by molar-refractivity contribution is -0.110. The Balaban J connectivity index is 1.69. The average molecular weight is 461 g/mol. The van der Waals surface area contributed by atoms with Crippen molar-refractivity contribution in [1.82, 2.24) is 15.2 Å². The van der Waals surface area contributed by atoms with Gasteiger partial charge in [0.05, 0.1) is 16.8 Å². The summed E-state index contributed by atoms with van der Waals surface area (Å²) in [5.41, 5.74) is 4.47. The number of nitrogens with zero attached hydrogens (tertiary/aromatic N) is 1. The molecule has 34 heavy (non-hydrogen) atoms. The lowest BCUT2D eigenvalue weighted by atomic mass is 9.94. The molecule has 1 aliphatic heterocycles. The van der Waals surface area contributed by atoms with E-state index in [2.05, 4.69) is 34.4 Å². The van der Waals surface area contributed by atoms with Crippen LogP contribution < -0.4 is 10.6 Å². The van der Waals surface area contributed by atoms with Gasteiger partial charge in [-0.05, 0) is 49.9 Å². The van der Waals surface area contributed by atoms with E-state index in [1.165, 1.54) is 6.07 Å².